The summed E-state index contributed by atoms with van der Waals surface area (Å²) in [6, 6.07) is 5.84. The fourth-order valence-electron chi connectivity index (χ4n) is 5.22. The van der Waals surface area contributed by atoms with E-state index in [4.69, 9.17) is 9.47 Å². The highest BCUT2D eigenvalue weighted by Gasteiger charge is 2.33. The number of rotatable bonds is 7. The summed E-state index contributed by atoms with van der Waals surface area (Å²) in [6.07, 6.45) is 7.36. The molecule has 0 saturated carbocycles. The van der Waals surface area contributed by atoms with Gasteiger partial charge >= 0.3 is 0 Å². The molecule has 2 aromatic rings. The highest BCUT2D eigenvalue weighted by molar-refractivity contribution is 5.79. The number of hydrogen-bond donors (Lipinski definition) is 1. The number of likely N-dealkylation sites (tertiary alicyclic amines) is 2. The minimum absolute atomic E-state index is 0.00867. The second-order valence-electron chi connectivity index (χ2n) is 9.36. The Morgan fingerprint density at radius 1 is 1.16 bits per heavy atom. The van der Waals surface area contributed by atoms with Crippen LogP contribution in [0.5, 0.6) is 11.5 Å². The largest absolute Gasteiger partial charge is 0.454 e. The Morgan fingerprint density at radius 2 is 2.00 bits per heavy atom. The second kappa shape index (κ2) is 9.50. The number of piperidine rings is 1. The van der Waals surface area contributed by atoms with Gasteiger partial charge in [0.15, 0.2) is 11.5 Å². The molecule has 2 saturated heterocycles. The van der Waals surface area contributed by atoms with Gasteiger partial charge in [0.05, 0.1) is 12.5 Å². The van der Waals surface area contributed by atoms with Gasteiger partial charge in [0.1, 0.15) is 5.82 Å². The van der Waals surface area contributed by atoms with Crippen molar-refractivity contribution >= 4 is 5.91 Å². The summed E-state index contributed by atoms with van der Waals surface area (Å²) >= 11 is 0. The third-order valence-corrected chi connectivity index (χ3v) is 6.89. The molecule has 8 nitrogen and oxygen atoms in total. The molecule has 0 radical (unpaired) electrons. The molecular formula is C24H33N5O3. The van der Waals surface area contributed by atoms with E-state index in [1.165, 1.54) is 25.9 Å². The van der Waals surface area contributed by atoms with Crippen molar-refractivity contribution in [2.75, 3.05) is 39.5 Å². The number of nitrogens with one attached hydrogen (secondary N) is 1. The van der Waals surface area contributed by atoms with Crippen molar-refractivity contribution in [1.29, 1.82) is 0 Å². The molecule has 3 aliphatic rings. The van der Waals surface area contributed by atoms with Crippen LogP contribution < -0.4 is 14.8 Å². The van der Waals surface area contributed by atoms with E-state index in [2.05, 4.69) is 24.7 Å². The van der Waals surface area contributed by atoms with E-state index < -0.39 is 0 Å². The minimum Gasteiger partial charge on any atom is -0.454 e. The number of aryl methyl sites for hydroxylation is 1. The van der Waals surface area contributed by atoms with E-state index in [1.807, 2.05) is 37.6 Å². The average Bonchev–Trinajstić information content (AvgIpc) is 3.55. The number of amides is 1. The first-order chi connectivity index (χ1) is 15.6. The Balaban J connectivity index is 1.22. The van der Waals surface area contributed by atoms with Crippen LogP contribution in [-0.2, 0) is 24.9 Å². The van der Waals surface area contributed by atoms with Crippen molar-refractivity contribution in [3.05, 3.63) is 42.0 Å². The molecule has 2 atom stereocenters. The first-order valence-electron chi connectivity index (χ1n) is 11.7. The SMILES string of the molecule is Cn1ccnc1CN1C[C@@H](CN2CCCC2)C[C@@H](C(=O)NCc2ccc3c(c2)OCO3)C1. The summed E-state index contributed by atoms with van der Waals surface area (Å²) in [4.78, 5) is 22.7. The normalized spacial score (nSPS) is 23.5. The number of nitrogens with zero attached hydrogens (tertiary/aromatic N) is 4. The fourth-order valence-corrected chi connectivity index (χ4v) is 5.22. The van der Waals surface area contributed by atoms with Crippen LogP contribution in [0.25, 0.3) is 0 Å². The lowest BCUT2D eigenvalue weighted by atomic mass is 9.88. The molecule has 0 aliphatic carbocycles. The Bertz CT molecular complexity index is 939. The average molecular weight is 440 g/mol. The molecule has 5 rings (SSSR count). The molecule has 1 amide bonds. The molecule has 3 aliphatic heterocycles. The molecule has 0 unspecified atom stereocenters. The minimum atomic E-state index is -0.00867. The summed E-state index contributed by atoms with van der Waals surface area (Å²) < 4.78 is 12.9. The summed E-state index contributed by atoms with van der Waals surface area (Å²) in [5.74, 6) is 3.20. The number of carbonyl (C=O) groups is 1. The Hall–Kier alpha value is -2.58. The van der Waals surface area contributed by atoms with E-state index in [9.17, 15) is 4.79 Å². The highest BCUT2D eigenvalue weighted by atomic mass is 16.7. The van der Waals surface area contributed by atoms with E-state index >= 15 is 0 Å². The maximum atomic E-state index is 13.2. The van der Waals surface area contributed by atoms with Crippen LogP contribution in [0, 0.1) is 11.8 Å². The van der Waals surface area contributed by atoms with E-state index in [1.54, 1.807) is 0 Å². The molecule has 0 bridgehead atoms. The molecule has 2 fully saturated rings. The zero-order valence-electron chi connectivity index (χ0n) is 18.8. The molecule has 0 spiro atoms. The molecule has 1 aromatic carbocycles. The van der Waals surface area contributed by atoms with E-state index in [-0.39, 0.29) is 18.6 Å². The number of fused-ring (bicyclic) bond motifs is 1. The lowest BCUT2D eigenvalue weighted by Crippen LogP contribution is -2.48. The van der Waals surface area contributed by atoms with Crippen molar-refractivity contribution in [1.82, 2.24) is 24.7 Å². The molecule has 172 valence electrons. The molecule has 1 aromatic heterocycles. The number of aromatic nitrogens is 2. The van der Waals surface area contributed by atoms with Crippen molar-refractivity contribution in [2.45, 2.75) is 32.4 Å². The van der Waals surface area contributed by atoms with Gasteiger partial charge in [-0.15, -0.1) is 0 Å². The zero-order valence-corrected chi connectivity index (χ0v) is 18.8. The lowest BCUT2D eigenvalue weighted by molar-refractivity contribution is -0.128. The number of imidazole rings is 1. The van der Waals surface area contributed by atoms with Crippen molar-refractivity contribution in [3.8, 4) is 11.5 Å². The first-order valence-corrected chi connectivity index (χ1v) is 11.7. The molecule has 8 heteroatoms. The smallest absolute Gasteiger partial charge is 0.231 e. The summed E-state index contributed by atoms with van der Waals surface area (Å²) in [5.41, 5.74) is 1.02. The van der Waals surface area contributed by atoms with Gasteiger partial charge in [0.25, 0.3) is 0 Å². The Kier molecular flexibility index (Phi) is 6.32. The van der Waals surface area contributed by atoms with Gasteiger partial charge in [-0.25, -0.2) is 4.98 Å². The first kappa shape index (κ1) is 21.3. The van der Waals surface area contributed by atoms with Gasteiger partial charge in [-0.3, -0.25) is 9.69 Å². The van der Waals surface area contributed by atoms with Crippen molar-refractivity contribution < 1.29 is 14.3 Å². The van der Waals surface area contributed by atoms with E-state index in [0.717, 1.165) is 55.5 Å². The van der Waals surface area contributed by atoms with Crippen LogP contribution in [-0.4, -0.2) is 64.8 Å². The highest BCUT2D eigenvalue weighted by Crippen LogP contribution is 2.32. The van der Waals surface area contributed by atoms with E-state index in [0.29, 0.717) is 12.5 Å². The van der Waals surface area contributed by atoms with Crippen molar-refractivity contribution in [2.24, 2.45) is 18.9 Å². The summed E-state index contributed by atoms with van der Waals surface area (Å²) in [6.45, 7) is 6.81. The Labute approximate surface area is 189 Å². The predicted octanol–water partition coefficient (Wildman–Crippen LogP) is 2.00. The summed E-state index contributed by atoms with van der Waals surface area (Å²) in [7, 11) is 2.03. The van der Waals surface area contributed by atoms with Gasteiger partial charge in [-0.1, -0.05) is 6.07 Å². The van der Waals surface area contributed by atoms with Crippen LogP contribution in [0.1, 0.15) is 30.7 Å². The maximum absolute atomic E-state index is 13.2. The number of benzene rings is 1. The summed E-state index contributed by atoms with van der Waals surface area (Å²) in [5, 5.41) is 3.17. The monoisotopic (exact) mass is 439 g/mol. The predicted molar refractivity (Wildman–Crippen MR) is 120 cm³/mol. The van der Waals surface area contributed by atoms with Gasteiger partial charge in [-0.05, 0) is 56.0 Å². The van der Waals surface area contributed by atoms with Crippen LogP contribution in [0.2, 0.25) is 0 Å². The number of carbonyl (C=O) groups excluding carboxylic acids is 1. The standard InChI is InChI=1S/C24H33N5O3/c1-27-9-6-25-23(27)16-29-14-19(13-28-7-2-3-8-28)10-20(15-29)24(30)26-12-18-4-5-21-22(11-18)32-17-31-21/h4-6,9,11,19-20H,2-3,7-8,10,12-17H2,1H3,(H,26,30)/t19-,20-/m1/s1. The topological polar surface area (TPSA) is 71.9 Å². The quantitative estimate of drug-likeness (QED) is 0.712. The van der Waals surface area contributed by atoms with Gasteiger partial charge in [0, 0.05) is 45.6 Å². The third-order valence-electron chi connectivity index (χ3n) is 6.89. The van der Waals surface area contributed by atoms with Crippen LogP contribution in [0.4, 0.5) is 0 Å². The van der Waals surface area contributed by atoms with Gasteiger partial charge in [-0.2, -0.15) is 0 Å². The molecule has 32 heavy (non-hydrogen) atoms. The second-order valence-corrected chi connectivity index (χ2v) is 9.36. The lowest BCUT2D eigenvalue weighted by Gasteiger charge is -2.38. The Morgan fingerprint density at radius 3 is 2.81 bits per heavy atom. The zero-order chi connectivity index (χ0) is 21.9. The fraction of sp³-hybridized carbons (Fsp3) is 0.583. The maximum Gasteiger partial charge on any atom is 0.231 e. The van der Waals surface area contributed by atoms with Crippen LogP contribution in [0.15, 0.2) is 30.6 Å². The van der Waals surface area contributed by atoms with Crippen LogP contribution in [0.3, 0.4) is 0 Å². The van der Waals surface area contributed by atoms with Gasteiger partial charge < -0.3 is 24.3 Å². The molecule has 4 heterocycles. The van der Waals surface area contributed by atoms with Crippen molar-refractivity contribution in [3.63, 3.8) is 0 Å². The number of ether oxygens (including phenoxy) is 2. The molecule has 1 N–H and O–H groups in total. The number of hydrogen-bond acceptors (Lipinski definition) is 6. The van der Waals surface area contributed by atoms with Gasteiger partial charge in [0.2, 0.25) is 12.7 Å². The third kappa shape index (κ3) is 4.91. The van der Waals surface area contributed by atoms with Crippen LogP contribution >= 0.6 is 0 Å². The molecular weight excluding hydrogens is 406 g/mol.